The molecule has 0 saturated carbocycles. The minimum atomic E-state index is -0.154. The summed E-state index contributed by atoms with van der Waals surface area (Å²) >= 11 is 0. The summed E-state index contributed by atoms with van der Waals surface area (Å²) in [6.07, 6.45) is 4.18. The molecule has 8 aromatic carbocycles. The van der Waals surface area contributed by atoms with Gasteiger partial charge in [0.1, 0.15) is 0 Å². The molecular formula is C36H18O2. The van der Waals surface area contributed by atoms with E-state index in [1.54, 1.807) is 0 Å². The van der Waals surface area contributed by atoms with Crippen molar-refractivity contribution in [3.8, 4) is 0 Å². The Morgan fingerprint density at radius 1 is 0.421 bits per heavy atom. The number of ketones is 2. The Morgan fingerprint density at radius 2 is 1.03 bits per heavy atom. The van der Waals surface area contributed by atoms with Gasteiger partial charge in [0.15, 0.2) is 11.6 Å². The van der Waals surface area contributed by atoms with Gasteiger partial charge in [-0.2, -0.15) is 0 Å². The van der Waals surface area contributed by atoms with E-state index in [9.17, 15) is 9.59 Å². The number of carbonyl (C=O) groups excluding carboxylic acids is 2. The van der Waals surface area contributed by atoms with E-state index in [4.69, 9.17) is 0 Å². The van der Waals surface area contributed by atoms with Crippen molar-refractivity contribution in [1.82, 2.24) is 0 Å². The number of carbonyl (C=O) groups is 2. The normalized spacial score (nSPS) is 14.5. The summed E-state index contributed by atoms with van der Waals surface area (Å²) in [5, 5.41) is 17.1. The van der Waals surface area contributed by atoms with Crippen LogP contribution in [0.1, 0.15) is 5.56 Å². The Hall–Kier alpha value is -5.08. The van der Waals surface area contributed by atoms with Crippen molar-refractivity contribution >= 4 is 92.5 Å². The smallest absolute Gasteiger partial charge is 0.186 e. The van der Waals surface area contributed by atoms with Gasteiger partial charge in [0.05, 0.1) is 0 Å². The third kappa shape index (κ3) is 2.42. The maximum Gasteiger partial charge on any atom is 0.186 e. The van der Waals surface area contributed by atoms with Gasteiger partial charge in [0, 0.05) is 5.57 Å². The number of hydrogen-bond acceptors (Lipinski definition) is 2. The summed E-state index contributed by atoms with van der Waals surface area (Å²) in [7, 11) is 0. The van der Waals surface area contributed by atoms with Gasteiger partial charge < -0.3 is 0 Å². The molecule has 9 rings (SSSR count). The molecule has 0 heterocycles. The molecule has 0 spiro atoms. The third-order valence-corrected chi connectivity index (χ3v) is 8.43. The first-order chi connectivity index (χ1) is 18.7. The Balaban J connectivity index is 1.49. The highest BCUT2D eigenvalue weighted by Gasteiger charge is 2.21. The predicted octanol–water partition coefficient (Wildman–Crippen LogP) is 8.73. The van der Waals surface area contributed by atoms with Crippen LogP contribution in [0.3, 0.4) is 0 Å². The molecule has 0 amide bonds. The van der Waals surface area contributed by atoms with Crippen LogP contribution in [0.2, 0.25) is 0 Å². The topological polar surface area (TPSA) is 34.1 Å². The van der Waals surface area contributed by atoms with Crippen molar-refractivity contribution in [2.45, 2.75) is 0 Å². The van der Waals surface area contributed by atoms with Gasteiger partial charge in [-0.05, 0) is 123 Å². The van der Waals surface area contributed by atoms with Crippen LogP contribution >= 0.6 is 0 Å². The van der Waals surface area contributed by atoms with Gasteiger partial charge in [0.2, 0.25) is 0 Å². The van der Waals surface area contributed by atoms with Crippen molar-refractivity contribution in [3.05, 3.63) is 115 Å². The van der Waals surface area contributed by atoms with Gasteiger partial charge >= 0.3 is 0 Å². The van der Waals surface area contributed by atoms with Crippen molar-refractivity contribution in [2.75, 3.05) is 0 Å². The second-order valence-electron chi connectivity index (χ2n) is 10.4. The van der Waals surface area contributed by atoms with E-state index in [2.05, 4.69) is 78.9 Å². The standard InChI is InChI=1S/C36H18O2/c37-24-12-13-32(38)29(18-24)26-6-3-7-27-28(26)15-21-9-11-22-16-30-25-5-2-1-4-19(25)14-20-8-10-23-17-31(27)34(21)36(22)35(23)33(20)30/h1-18H. The second-order valence-corrected chi connectivity index (χ2v) is 10.4. The molecule has 8 aromatic rings. The molecule has 0 atom stereocenters. The molecule has 1 aliphatic carbocycles. The maximum atomic E-state index is 12.8. The number of hydrogen-bond donors (Lipinski definition) is 0. The highest BCUT2D eigenvalue weighted by molar-refractivity contribution is 6.42. The van der Waals surface area contributed by atoms with E-state index in [-0.39, 0.29) is 11.6 Å². The monoisotopic (exact) mass is 482 g/mol. The van der Waals surface area contributed by atoms with Gasteiger partial charge in [-0.25, -0.2) is 0 Å². The van der Waals surface area contributed by atoms with Crippen LogP contribution < -0.4 is 0 Å². The molecule has 2 nitrogen and oxygen atoms in total. The zero-order chi connectivity index (χ0) is 25.1. The van der Waals surface area contributed by atoms with Crippen LogP contribution in [0, 0.1) is 0 Å². The number of allylic oxidation sites excluding steroid dienone is 4. The Labute approximate surface area is 216 Å². The SMILES string of the molecule is O=C1C=CC(=O)C(c2cccc3c2cc2ccc4cc5c6ccccc6cc6ccc7cc3c2c4c7c65)=C1. The fraction of sp³-hybridized carbons (Fsp3) is 0. The first kappa shape index (κ1) is 20.0. The molecule has 0 bridgehead atoms. The maximum absolute atomic E-state index is 12.8. The quantitative estimate of drug-likeness (QED) is 0.133. The number of benzene rings is 8. The lowest BCUT2D eigenvalue weighted by Crippen LogP contribution is -2.07. The van der Waals surface area contributed by atoms with Crippen LogP contribution in [0.4, 0.5) is 0 Å². The summed E-state index contributed by atoms with van der Waals surface area (Å²) in [5.74, 6) is -0.287. The summed E-state index contributed by atoms with van der Waals surface area (Å²) in [6.45, 7) is 0. The van der Waals surface area contributed by atoms with Crippen LogP contribution in [-0.4, -0.2) is 11.6 Å². The molecule has 174 valence electrons. The minimum absolute atomic E-state index is 0.133. The van der Waals surface area contributed by atoms with Crippen LogP contribution in [0.15, 0.2) is 109 Å². The van der Waals surface area contributed by atoms with Gasteiger partial charge in [0.25, 0.3) is 0 Å². The Kier molecular flexibility index (Phi) is 3.59. The number of fused-ring (bicyclic) bond motifs is 4. The summed E-state index contributed by atoms with van der Waals surface area (Å²) in [5.41, 5.74) is 1.26. The van der Waals surface area contributed by atoms with E-state index in [1.807, 2.05) is 12.1 Å². The average molecular weight is 483 g/mol. The van der Waals surface area contributed by atoms with E-state index >= 15 is 0 Å². The Morgan fingerprint density at radius 3 is 1.79 bits per heavy atom. The second kappa shape index (κ2) is 6.81. The number of rotatable bonds is 1. The van der Waals surface area contributed by atoms with Crippen molar-refractivity contribution in [3.63, 3.8) is 0 Å². The molecule has 1 aliphatic rings. The zero-order valence-electron chi connectivity index (χ0n) is 20.2. The molecule has 2 heteroatoms. The molecule has 0 unspecified atom stereocenters. The van der Waals surface area contributed by atoms with E-state index in [1.165, 1.54) is 77.5 Å². The zero-order valence-corrected chi connectivity index (χ0v) is 20.2. The van der Waals surface area contributed by atoms with Crippen molar-refractivity contribution in [2.24, 2.45) is 0 Å². The van der Waals surface area contributed by atoms with Crippen molar-refractivity contribution in [1.29, 1.82) is 0 Å². The molecule has 0 N–H and O–H groups in total. The molecular weight excluding hydrogens is 464 g/mol. The van der Waals surface area contributed by atoms with E-state index in [0.717, 1.165) is 21.7 Å². The molecule has 0 aromatic heterocycles. The lowest BCUT2D eigenvalue weighted by atomic mass is 9.83. The fourth-order valence-electron chi connectivity index (χ4n) is 6.85. The highest BCUT2D eigenvalue weighted by Crippen LogP contribution is 2.47. The lowest BCUT2D eigenvalue weighted by Gasteiger charge is -2.20. The van der Waals surface area contributed by atoms with Crippen LogP contribution in [0.5, 0.6) is 0 Å². The third-order valence-electron chi connectivity index (χ3n) is 8.43. The van der Waals surface area contributed by atoms with Crippen LogP contribution in [-0.2, 0) is 9.59 Å². The van der Waals surface area contributed by atoms with Crippen molar-refractivity contribution < 1.29 is 9.59 Å². The molecule has 0 fully saturated rings. The van der Waals surface area contributed by atoms with Crippen LogP contribution in [0.25, 0.3) is 81.0 Å². The first-order valence-corrected chi connectivity index (χ1v) is 12.8. The lowest BCUT2D eigenvalue weighted by molar-refractivity contribution is -0.113. The molecule has 0 aliphatic heterocycles. The van der Waals surface area contributed by atoms with Gasteiger partial charge in [-0.1, -0.05) is 66.7 Å². The first-order valence-electron chi connectivity index (χ1n) is 12.8. The van der Waals surface area contributed by atoms with E-state index < -0.39 is 0 Å². The predicted molar refractivity (Wildman–Crippen MR) is 158 cm³/mol. The fourth-order valence-corrected chi connectivity index (χ4v) is 6.85. The highest BCUT2D eigenvalue weighted by atomic mass is 16.1. The van der Waals surface area contributed by atoms with Gasteiger partial charge in [-0.3, -0.25) is 9.59 Å². The largest absolute Gasteiger partial charge is 0.290 e. The summed E-state index contributed by atoms with van der Waals surface area (Å²) < 4.78 is 0. The van der Waals surface area contributed by atoms with Gasteiger partial charge in [-0.15, -0.1) is 0 Å². The summed E-state index contributed by atoms with van der Waals surface area (Å²) in [6, 6.07) is 32.8. The summed E-state index contributed by atoms with van der Waals surface area (Å²) in [4.78, 5) is 24.9. The average Bonchev–Trinajstić information content (AvgIpc) is 2.95. The molecule has 0 saturated heterocycles. The Bertz CT molecular complexity index is 2420. The van der Waals surface area contributed by atoms with E-state index in [0.29, 0.717) is 5.57 Å². The molecule has 0 radical (unpaired) electrons. The molecule has 38 heavy (non-hydrogen) atoms. The minimum Gasteiger partial charge on any atom is -0.290 e.